The van der Waals surface area contributed by atoms with Gasteiger partial charge in [0.25, 0.3) is 5.76 Å². The second-order valence-corrected chi connectivity index (χ2v) is 4.38. The lowest BCUT2D eigenvalue weighted by Gasteiger charge is -2.05. The first kappa shape index (κ1) is 9.77. The maximum atomic E-state index is 12.0. The average molecular weight is 215 g/mol. The predicted octanol–water partition coefficient (Wildman–Crippen LogP) is 3.58. The molecule has 0 spiro atoms. The van der Waals surface area contributed by atoms with Gasteiger partial charge >= 0.3 is 0 Å². The number of alkyl halides is 2. The third kappa shape index (κ3) is 2.87. The van der Waals surface area contributed by atoms with Gasteiger partial charge in [-0.2, -0.15) is 8.78 Å². The minimum Gasteiger partial charge on any atom is -0.382 e. The van der Waals surface area contributed by atoms with Gasteiger partial charge in [0.05, 0.1) is 0 Å². The van der Waals surface area contributed by atoms with Crippen LogP contribution < -0.4 is 5.32 Å². The first-order valence-corrected chi connectivity index (χ1v) is 5.43. The topological polar surface area (TPSA) is 12.0 Å². The molecule has 1 saturated carbocycles. The van der Waals surface area contributed by atoms with E-state index >= 15 is 0 Å². The highest BCUT2D eigenvalue weighted by Crippen LogP contribution is 2.28. The van der Waals surface area contributed by atoms with Gasteiger partial charge in [-0.3, -0.25) is 0 Å². The number of anilines is 1. The van der Waals surface area contributed by atoms with Gasteiger partial charge in [-0.25, -0.2) is 0 Å². The fourth-order valence-corrected chi connectivity index (χ4v) is 1.69. The summed E-state index contributed by atoms with van der Waals surface area (Å²) in [4.78, 5) is 0.612. The lowest BCUT2D eigenvalue weighted by Crippen LogP contribution is -1.99. The maximum Gasteiger partial charge on any atom is 0.288 e. The van der Waals surface area contributed by atoms with Crippen molar-refractivity contribution in [2.75, 3.05) is 5.32 Å². The molecule has 0 atom stereocenters. The van der Waals surface area contributed by atoms with E-state index in [0.29, 0.717) is 22.7 Å². The summed E-state index contributed by atoms with van der Waals surface area (Å²) in [6.45, 7) is 0. The van der Waals surface area contributed by atoms with E-state index in [9.17, 15) is 8.78 Å². The molecule has 2 rings (SSSR count). The van der Waals surface area contributed by atoms with Crippen molar-refractivity contribution in [2.24, 2.45) is 0 Å². The van der Waals surface area contributed by atoms with Crippen LogP contribution in [0.25, 0.3) is 0 Å². The fourth-order valence-electron chi connectivity index (χ4n) is 1.20. The van der Waals surface area contributed by atoms with Gasteiger partial charge in [-0.15, -0.1) is 0 Å². The van der Waals surface area contributed by atoms with E-state index in [0.717, 1.165) is 5.69 Å². The van der Waals surface area contributed by atoms with E-state index in [4.69, 9.17) is 0 Å². The van der Waals surface area contributed by atoms with Gasteiger partial charge in [-0.1, -0.05) is 11.8 Å². The quantitative estimate of drug-likeness (QED) is 0.770. The molecular weight excluding hydrogens is 204 g/mol. The summed E-state index contributed by atoms with van der Waals surface area (Å²) in [6, 6.07) is 7.75. The molecule has 0 amide bonds. The number of halogens is 2. The number of hydrogen-bond donors (Lipinski definition) is 1. The van der Waals surface area contributed by atoms with Crippen molar-refractivity contribution in [1.82, 2.24) is 0 Å². The molecule has 0 aromatic heterocycles. The molecule has 0 bridgehead atoms. The molecule has 1 aliphatic rings. The smallest absolute Gasteiger partial charge is 0.288 e. The number of rotatable bonds is 4. The Balaban J connectivity index is 1.94. The van der Waals surface area contributed by atoms with Crippen LogP contribution in [0.5, 0.6) is 0 Å². The van der Waals surface area contributed by atoms with Gasteiger partial charge in [-0.05, 0) is 37.1 Å². The molecule has 1 nitrogen and oxygen atoms in total. The fraction of sp³-hybridized carbons (Fsp3) is 0.400. The summed E-state index contributed by atoms with van der Waals surface area (Å²) in [7, 11) is 0. The van der Waals surface area contributed by atoms with Crippen molar-refractivity contribution in [1.29, 1.82) is 0 Å². The minimum atomic E-state index is -2.34. The van der Waals surface area contributed by atoms with Crippen LogP contribution in [0.2, 0.25) is 0 Å². The Hall–Kier alpha value is -0.770. The molecule has 1 fully saturated rings. The van der Waals surface area contributed by atoms with Crippen molar-refractivity contribution in [2.45, 2.75) is 29.5 Å². The van der Waals surface area contributed by atoms with Gasteiger partial charge in [0.15, 0.2) is 0 Å². The zero-order valence-corrected chi connectivity index (χ0v) is 8.36. The molecule has 0 saturated heterocycles. The van der Waals surface area contributed by atoms with E-state index in [2.05, 4.69) is 5.32 Å². The molecule has 1 aromatic carbocycles. The normalized spacial score (nSPS) is 15.9. The molecular formula is C10H11F2NS. The second-order valence-electron chi connectivity index (χ2n) is 3.32. The maximum absolute atomic E-state index is 12.0. The Morgan fingerprint density at radius 2 is 1.86 bits per heavy atom. The summed E-state index contributed by atoms with van der Waals surface area (Å²) in [5, 5.41) is 3.30. The monoisotopic (exact) mass is 215 g/mol. The Morgan fingerprint density at radius 1 is 1.21 bits per heavy atom. The van der Waals surface area contributed by atoms with Crippen molar-refractivity contribution < 1.29 is 8.78 Å². The van der Waals surface area contributed by atoms with Crippen LogP contribution >= 0.6 is 11.8 Å². The number of benzene rings is 1. The van der Waals surface area contributed by atoms with E-state index in [1.807, 2.05) is 12.1 Å². The van der Waals surface area contributed by atoms with E-state index in [-0.39, 0.29) is 0 Å². The lowest BCUT2D eigenvalue weighted by atomic mass is 10.3. The lowest BCUT2D eigenvalue weighted by molar-refractivity contribution is 0.252. The van der Waals surface area contributed by atoms with Crippen LogP contribution in [0, 0.1) is 0 Å². The summed E-state index contributed by atoms with van der Waals surface area (Å²) >= 11 is 0.581. The number of nitrogens with one attached hydrogen (secondary N) is 1. The Kier molecular flexibility index (Phi) is 2.91. The SMILES string of the molecule is FC(F)Sc1ccc(NC2CC2)cc1. The van der Waals surface area contributed by atoms with Crippen molar-refractivity contribution in [3.63, 3.8) is 0 Å². The predicted molar refractivity (Wildman–Crippen MR) is 54.9 cm³/mol. The molecule has 0 heterocycles. The highest BCUT2D eigenvalue weighted by molar-refractivity contribution is 7.99. The highest BCUT2D eigenvalue weighted by Gasteiger charge is 2.20. The van der Waals surface area contributed by atoms with Crippen LogP contribution in [0.15, 0.2) is 29.2 Å². The van der Waals surface area contributed by atoms with Crippen molar-refractivity contribution >= 4 is 17.4 Å². The van der Waals surface area contributed by atoms with Gasteiger partial charge < -0.3 is 5.32 Å². The van der Waals surface area contributed by atoms with E-state index in [1.54, 1.807) is 12.1 Å². The second kappa shape index (κ2) is 4.17. The van der Waals surface area contributed by atoms with Gasteiger partial charge in [0.2, 0.25) is 0 Å². The first-order valence-electron chi connectivity index (χ1n) is 4.55. The summed E-state index contributed by atoms with van der Waals surface area (Å²) < 4.78 is 24.0. The highest BCUT2D eigenvalue weighted by atomic mass is 32.2. The zero-order chi connectivity index (χ0) is 9.97. The standard InChI is InChI=1S/C10H11F2NS/c11-10(12)14-9-5-3-8(4-6-9)13-7-1-2-7/h3-7,10,13H,1-2H2. The third-order valence-corrected chi connectivity index (χ3v) is 2.75. The Morgan fingerprint density at radius 3 is 2.36 bits per heavy atom. The Bertz CT molecular complexity index is 272. The number of hydrogen-bond acceptors (Lipinski definition) is 2. The van der Waals surface area contributed by atoms with Crippen LogP contribution in [-0.2, 0) is 0 Å². The molecule has 14 heavy (non-hydrogen) atoms. The summed E-state index contributed by atoms with van der Waals surface area (Å²) in [6.07, 6.45) is 2.43. The van der Waals surface area contributed by atoms with Gasteiger partial charge in [0, 0.05) is 16.6 Å². The molecule has 1 N–H and O–H groups in total. The zero-order valence-electron chi connectivity index (χ0n) is 7.54. The summed E-state index contributed by atoms with van der Waals surface area (Å²) in [5.41, 5.74) is 1.02. The van der Waals surface area contributed by atoms with Crippen molar-refractivity contribution in [3.8, 4) is 0 Å². The molecule has 0 aliphatic heterocycles. The Labute approximate surface area is 85.9 Å². The largest absolute Gasteiger partial charge is 0.382 e. The van der Waals surface area contributed by atoms with Crippen LogP contribution in [0.4, 0.5) is 14.5 Å². The molecule has 0 radical (unpaired) electrons. The van der Waals surface area contributed by atoms with Crippen molar-refractivity contribution in [3.05, 3.63) is 24.3 Å². The van der Waals surface area contributed by atoms with Crippen LogP contribution in [-0.4, -0.2) is 11.8 Å². The minimum absolute atomic E-state index is 0.581. The van der Waals surface area contributed by atoms with E-state index in [1.165, 1.54) is 12.8 Å². The molecule has 0 unspecified atom stereocenters. The molecule has 1 aliphatic carbocycles. The van der Waals surface area contributed by atoms with Crippen LogP contribution in [0.3, 0.4) is 0 Å². The molecule has 76 valence electrons. The third-order valence-electron chi connectivity index (χ3n) is 2.03. The molecule has 4 heteroatoms. The molecule has 1 aromatic rings. The summed E-state index contributed by atoms with van der Waals surface area (Å²) in [5.74, 6) is -2.34. The van der Waals surface area contributed by atoms with Crippen LogP contribution in [0.1, 0.15) is 12.8 Å². The van der Waals surface area contributed by atoms with E-state index < -0.39 is 5.76 Å². The average Bonchev–Trinajstić information content (AvgIpc) is 2.91. The number of thioether (sulfide) groups is 1. The van der Waals surface area contributed by atoms with Gasteiger partial charge in [0.1, 0.15) is 0 Å². The first-order chi connectivity index (χ1) is 6.74.